The van der Waals surface area contributed by atoms with Crippen LogP contribution in [-0.4, -0.2) is 45.0 Å². The molecule has 206 valence electrons. The van der Waals surface area contributed by atoms with E-state index in [4.69, 9.17) is 0 Å². The van der Waals surface area contributed by atoms with E-state index < -0.39 is 35.5 Å². The molecule has 11 heteroatoms. The van der Waals surface area contributed by atoms with Crippen molar-refractivity contribution in [2.75, 3.05) is 6.54 Å². The van der Waals surface area contributed by atoms with Gasteiger partial charge in [-0.15, -0.1) is 11.3 Å². The summed E-state index contributed by atoms with van der Waals surface area (Å²) in [4.78, 5) is 41.9. The molecule has 7 nitrogen and oxygen atoms in total. The van der Waals surface area contributed by atoms with Crippen molar-refractivity contribution in [2.45, 2.75) is 32.0 Å². The zero-order chi connectivity index (χ0) is 28.6. The van der Waals surface area contributed by atoms with E-state index in [2.05, 4.69) is 10.4 Å². The molecule has 0 fully saturated rings. The number of rotatable bonds is 8. The average Bonchev–Trinajstić information content (AvgIpc) is 3.61. The van der Waals surface area contributed by atoms with E-state index >= 15 is 0 Å². The highest BCUT2D eigenvalue weighted by atomic mass is 32.1. The number of carbonyl (C=O) groups excluding carboxylic acids is 3. The first-order valence-corrected chi connectivity index (χ1v) is 13.4. The van der Waals surface area contributed by atoms with Gasteiger partial charge in [0.05, 0.1) is 33.3 Å². The second-order valence-electron chi connectivity index (χ2n) is 9.44. The first-order chi connectivity index (χ1) is 19.1. The van der Waals surface area contributed by atoms with Gasteiger partial charge in [0.15, 0.2) is 0 Å². The van der Waals surface area contributed by atoms with Gasteiger partial charge in [-0.3, -0.25) is 24.0 Å². The van der Waals surface area contributed by atoms with E-state index in [1.165, 1.54) is 41.7 Å². The lowest BCUT2D eigenvalue weighted by Crippen LogP contribution is -2.47. The summed E-state index contributed by atoms with van der Waals surface area (Å²) in [5.41, 5.74) is 1.23. The maximum Gasteiger partial charge on any atom is 0.416 e. The molecule has 1 atom stereocenters. The van der Waals surface area contributed by atoms with E-state index in [9.17, 15) is 27.6 Å². The van der Waals surface area contributed by atoms with Gasteiger partial charge in [-0.25, -0.2) is 0 Å². The molecule has 2 aromatic heterocycles. The van der Waals surface area contributed by atoms with Crippen LogP contribution in [0.2, 0.25) is 0 Å². The smallest absolute Gasteiger partial charge is 0.346 e. The predicted molar refractivity (Wildman–Crippen MR) is 144 cm³/mol. The normalized spacial score (nSPS) is 14.0. The van der Waals surface area contributed by atoms with Crippen molar-refractivity contribution in [3.8, 4) is 11.3 Å². The van der Waals surface area contributed by atoms with Crippen molar-refractivity contribution in [3.05, 3.63) is 98.9 Å². The third kappa shape index (κ3) is 5.16. The van der Waals surface area contributed by atoms with Crippen LogP contribution in [0.5, 0.6) is 0 Å². The van der Waals surface area contributed by atoms with E-state index in [1.54, 1.807) is 36.1 Å². The molecule has 40 heavy (non-hydrogen) atoms. The number of alkyl halides is 3. The van der Waals surface area contributed by atoms with Crippen LogP contribution in [0.1, 0.15) is 53.3 Å². The number of halogens is 3. The second-order valence-corrected chi connectivity index (χ2v) is 10.6. The number of carbonyl (C=O) groups is 3. The summed E-state index contributed by atoms with van der Waals surface area (Å²) < 4.78 is 43.0. The number of nitrogens with one attached hydrogen (secondary N) is 1. The molecule has 0 radical (unpaired) electrons. The monoisotopic (exact) mass is 566 g/mol. The van der Waals surface area contributed by atoms with Gasteiger partial charge in [-0.2, -0.15) is 18.3 Å². The Kier molecular flexibility index (Phi) is 7.33. The molecule has 0 saturated carbocycles. The van der Waals surface area contributed by atoms with Crippen molar-refractivity contribution in [3.63, 3.8) is 0 Å². The molecule has 0 spiro atoms. The number of thiophene rings is 1. The summed E-state index contributed by atoms with van der Waals surface area (Å²) in [6.07, 6.45) is -2.53. The number of hydrogen-bond acceptors (Lipinski definition) is 5. The van der Waals surface area contributed by atoms with Crippen LogP contribution >= 0.6 is 11.3 Å². The molecular formula is C29H25F3N4O3S. The Labute approximate surface area is 232 Å². The number of aromatic nitrogens is 2. The van der Waals surface area contributed by atoms with Crippen LogP contribution in [0, 0.1) is 0 Å². The standard InChI is InChI=1S/C29H25F3N4O3S/c1-3-24-21(23-12-13-33-35(23)2)15-25(40-24)26(37)34-18(14-17-8-4-7-11-22(17)29(30,31)32)16-36-27(38)19-9-5-6-10-20(19)28(36)39/h4-13,15,18H,3,14,16H2,1-2H3,(H,34,37). The van der Waals surface area contributed by atoms with Crippen LogP contribution in [0.4, 0.5) is 13.2 Å². The second kappa shape index (κ2) is 10.7. The van der Waals surface area contributed by atoms with Gasteiger partial charge in [0.25, 0.3) is 17.7 Å². The van der Waals surface area contributed by atoms with Gasteiger partial charge in [0, 0.05) is 30.2 Å². The lowest BCUT2D eigenvalue weighted by atomic mass is 9.99. The highest BCUT2D eigenvalue weighted by Crippen LogP contribution is 2.34. The minimum Gasteiger partial charge on any atom is -0.346 e. The topological polar surface area (TPSA) is 84.3 Å². The molecule has 3 amide bonds. The molecule has 4 aromatic rings. The highest BCUT2D eigenvalue weighted by molar-refractivity contribution is 7.14. The Balaban J connectivity index is 1.46. The summed E-state index contributed by atoms with van der Waals surface area (Å²) in [5, 5.41) is 7.01. The Hall–Kier alpha value is -4.25. The molecule has 0 bridgehead atoms. The minimum absolute atomic E-state index is 0.0482. The van der Waals surface area contributed by atoms with Gasteiger partial charge in [0.2, 0.25) is 0 Å². The first kappa shape index (κ1) is 27.3. The Morgan fingerprint density at radius 1 is 1.00 bits per heavy atom. The number of amides is 3. The number of benzene rings is 2. The number of imide groups is 1. The number of hydrogen-bond donors (Lipinski definition) is 1. The third-order valence-corrected chi connectivity index (χ3v) is 8.13. The Morgan fingerprint density at radius 2 is 1.65 bits per heavy atom. The van der Waals surface area contributed by atoms with Gasteiger partial charge in [0.1, 0.15) is 0 Å². The van der Waals surface area contributed by atoms with E-state index in [1.807, 2.05) is 13.0 Å². The molecule has 1 N–H and O–H groups in total. The van der Waals surface area contributed by atoms with Gasteiger partial charge >= 0.3 is 6.18 Å². The molecule has 1 unspecified atom stereocenters. The third-order valence-electron chi connectivity index (χ3n) is 6.86. The summed E-state index contributed by atoms with van der Waals surface area (Å²) in [6.45, 7) is 1.68. The summed E-state index contributed by atoms with van der Waals surface area (Å²) in [5.74, 6) is -1.60. The lowest BCUT2D eigenvalue weighted by molar-refractivity contribution is -0.138. The molecule has 0 aliphatic carbocycles. The molecule has 2 aromatic carbocycles. The molecule has 3 heterocycles. The predicted octanol–water partition coefficient (Wildman–Crippen LogP) is 5.37. The molecule has 5 rings (SSSR count). The number of aryl methyl sites for hydroxylation is 2. The SMILES string of the molecule is CCc1sc(C(=O)NC(Cc2ccccc2C(F)(F)F)CN2C(=O)c3ccccc3C2=O)cc1-c1ccnn1C. The van der Waals surface area contributed by atoms with Crippen molar-refractivity contribution >= 4 is 29.1 Å². The largest absolute Gasteiger partial charge is 0.416 e. The fraction of sp³-hybridized carbons (Fsp3) is 0.241. The van der Waals surface area contributed by atoms with E-state index in [0.717, 1.165) is 27.1 Å². The molecule has 1 aliphatic heterocycles. The fourth-order valence-electron chi connectivity index (χ4n) is 4.94. The maximum atomic E-state index is 13.8. The molecular weight excluding hydrogens is 541 g/mol. The van der Waals surface area contributed by atoms with Crippen LogP contribution in [0.25, 0.3) is 11.3 Å². The van der Waals surface area contributed by atoms with Crippen LogP contribution in [0.15, 0.2) is 66.9 Å². The number of nitrogens with zero attached hydrogens (tertiary/aromatic N) is 3. The first-order valence-electron chi connectivity index (χ1n) is 12.6. The average molecular weight is 567 g/mol. The van der Waals surface area contributed by atoms with Crippen LogP contribution in [0.3, 0.4) is 0 Å². The van der Waals surface area contributed by atoms with Crippen molar-refractivity contribution in [1.82, 2.24) is 20.0 Å². The zero-order valence-corrected chi connectivity index (χ0v) is 22.5. The van der Waals surface area contributed by atoms with Crippen molar-refractivity contribution < 1.29 is 27.6 Å². The summed E-state index contributed by atoms with van der Waals surface area (Å²) in [7, 11) is 1.79. The van der Waals surface area contributed by atoms with Crippen molar-refractivity contribution in [2.24, 2.45) is 7.05 Å². The summed E-state index contributed by atoms with van der Waals surface area (Å²) >= 11 is 1.28. The lowest BCUT2D eigenvalue weighted by Gasteiger charge is -2.25. The zero-order valence-electron chi connectivity index (χ0n) is 21.7. The van der Waals surface area contributed by atoms with Crippen LogP contribution < -0.4 is 5.32 Å². The van der Waals surface area contributed by atoms with E-state index in [-0.39, 0.29) is 29.7 Å². The Morgan fingerprint density at radius 3 is 2.25 bits per heavy atom. The maximum absolute atomic E-state index is 13.8. The summed E-state index contributed by atoms with van der Waals surface area (Å²) in [6, 6.07) is 14.0. The quantitative estimate of drug-likeness (QED) is 0.291. The fourth-order valence-corrected chi connectivity index (χ4v) is 5.95. The van der Waals surface area contributed by atoms with E-state index in [0.29, 0.717) is 11.3 Å². The molecule has 0 saturated heterocycles. The van der Waals surface area contributed by atoms with Gasteiger partial charge < -0.3 is 5.32 Å². The Bertz CT molecular complexity index is 1570. The minimum atomic E-state index is -4.61. The van der Waals surface area contributed by atoms with Gasteiger partial charge in [-0.05, 0) is 48.7 Å². The van der Waals surface area contributed by atoms with Crippen LogP contribution in [-0.2, 0) is 26.1 Å². The molecule has 1 aliphatic rings. The van der Waals surface area contributed by atoms with Crippen molar-refractivity contribution in [1.29, 1.82) is 0 Å². The van der Waals surface area contributed by atoms with Gasteiger partial charge in [-0.1, -0.05) is 37.3 Å². The highest BCUT2D eigenvalue weighted by Gasteiger charge is 2.38. The number of fused-ring (bicyclic) bond motifs is 1.